The van der Waals surface area contributed by atoms with Gasteiger partial charge in [0.15, 0.2) is 0 Å². The second kappa shape index (κ2) is 10.3. The van der Waals surface area contributed by atoms with Gasteiger partial charge in [0.2, 0.25) is 5.82 Å². The first-order valence-corrected chi connectivity index (χ1v) is 11.3. The normalized spacial score (nSPS) is 10.9. The summed E-state index contributed by atoms with van der Waals surface area (Å²) >= 11 is 1.27. The predicted octanol–water partition coefficient (Wildman–Crippen LogP) is 3.37. The van der Waals surface area contributed by atoms with E-state index in [1.54, 1.807) is 17.5 Å². The molecule has 0 atom stereocenters. The number of H-pyrrole nitrogens is 1. The Kier molecular flexibility index (Phi) is 7.00. The van der Waals surface area contributed by atoms with Gasteiger partial charge in [0, 0.05) is 24.8 Å². The number of aromatic nitrogens is 2. The Labute approximate surface area is 198 Å². The van der Waals surface area contributed by atoms with Gasteiger partial charge in [-0.05, 0) is 40.8 Å². The molecule has 2 aromatic heterocycles. The molecule has 34 heavy (non-hydrogen) atoms. The van der Waals surface area contributed by atoms with Crippen molar-refractivity contribution < 1.29 is 19.4 Å². The van der Waals surface area contributed by atoms with Crippen LogP contribution in [0.3, 0.4) is 0 Å². The Bertz CT molecular complexity index is 1390. The molecule has 0 radical (unpaired) electrons. The van der Waals surface area contributed by atoms with E-state index in [0.717, 1.165) is 16.8 Å². The molecule has 4 N–H and O–H groups in total. The van der Waals surface area contributed by atoms with Crippen LogP contribution in [0.2, 0.25) is 0 Å². The molecule has 2 heterocycles. The smallest absolute Gasteiger partial charge is 0.335 e. The summed E-state index contributed by atoms with van der Waals surface area (Å²) in [6.45, 7) is 0.740. The molecule has 0 spiro atoms. The number of carboxylic acid groups (broad SMARTS) is 1. The van der Waals surface area contributed by atoms with Gasteiger partial charge in [0.1, 0.15) is 4.83 Å². The standard InChI is InChI=1S/C24H22N4O5S/c1-25-18-4-2-3-15(9-18)10-26-22(30)20-27-21(29)19-17(13-34-23(19)28-20)12-33-11-14-5-7-16(8-6-14)24(31)32/h2-9,13,25H,10-12H2,1H3,(H,26,30)(H,31,32)(H,27,28,29). The SMILES string of the molecule is CNc1cccc(CNC(=O)c2nc3scc(COCc4ccc(C(=O)O)cc4)c3c(=O)[nH]2)c1. The zero-order chi connectivity index (χ0) is 24.1. The van der Waals surface area contributed by atoms with Gasteiger partial charge in [0.05, 0.1) is 24.2 Å². The van der Waals surface area contributed by atoms with E-state index in [0.29, 0.717) is 22.3 Å². The summed E-state index contributed by atoms with van der Waals surface area (Å²) in [6, 6.07) is 14.0. The molecule has 1 amide bonds. The Morgan fingerprint density at radius 1 is 1.12 bits per heavy atom. The molecule has 0 fully saturated rings. The number of ether oxygens (including phenoxy) is 1. The molecule has 0 saturated carbocycles. The molecule has 2 aromatic carbocycles. The molecule has 0 aliphatic rings. The summed E-state index contributed by atoms with van der Waals surface area (Å²) in [6.07, 6.45) is 0. The molecular weight excluding hydrogens is 456 g/mol. The van der Waals surface area contributed by atoms with Crippen molar-refractivity contribution in [3.8, 4) is 0 Å². The quantitative estimate of drug-likeness (QED) is 0.290. The molecule has 4 aromatic rings. The van der Waals surface area contributed by atoms with Gasteiger partial charge < -0.3 is 25.5 Å². The second-order valence-corrected chi connectivity index (χ2v) is 8.34. The minimum absolute atomic E-state index is 0.0462. The van der Waals surface area contributed by atoms with Crippen molar-refractivity contribution in [3.63, 3.8) is 0 Å². The number of fused-ring (bicyclic) bond motifs is 1. The lowest BCUT2D eigenvalue weighted by Gasteiger charge is -2.07. The third kappa shape index (κ3) is 5.30. The van der Waals surface area contributed by atoms with Crippen LogP contribution < -0.4 is 16.2 Å². The zero-order valence-corrected chi connectivity index (χ0v) is 19.1. The maximum atomic E-state index is 12.7. The van der Waals surface area contributed by atoms with E-state index >= 15 is 0 Å². The fourth-order valence-corrected chi connectivity index (χ4v) is 4.27. The first-order chi connectivity index (χ1) is 16.4. The molecule has 0 saturated heterocycles. The first kappa shape index (κ1) is 23.1. The van der Waals surface area contributed by atoms with E-state index in [4.69, 9.17) is 9.84 Å². The minimum Gasteiger partial charge on any atom is -0.478 e. The highest BCUT2D eigenvalue weighted by Gasteiger charge is 2.15. The van der Waals surface area contributed by atoms with Gasteiger partial charge in [-0.15, -0.1) is 11.3 Å². The number of thiophene rings is 1. The third-order valence-electron chi connectivity index (χ3n) is 5.13. The van der Waals surface area contributed by atoms with Crippen LogP contribution in [0, 0.1) is 0 Å². The lowest BCUT2D eigenvalue weighted by atomic mass is 10.1. The van der Waals surface area contributed by atoms with Crippen LogP contribution in [-0.2, 0) is 24.5 Å². The Hall–Kier alpha value is -4.02. The van der Waals surface area contributed by atoms with Crippen LogP contribution in [-0.4, -0.2) is 34.0 Å². The number of carbonyl (C=O) groups is 2. The number of amides is 1. The summed E-state index contributed by atoms with van der Waals surface area (Å²) in [7, 11) is 1.82. The van der Waals surface area contributed by atoms with E-state index < -0.39 is 17.4 Å². The summed E-state index contributed by atoms with van der Waals surface area (Å²) in [4.78, 5) is 43.5. The molecule has 0 aliphatic carbocycles. The highest BCUT2D eigenvalue weighted by molar-refractivity contribution is 7.16. The summed E-state index contributed by atoms with van der Waals surface area (Å²) in [5, 5.41) is 17.0. The molecular formula is C24H22N4O5S. The lowest BCUT2D eigenvalue weighted by Crippen LogP contribution is -2.27. The molecule has 4 rings (SSSR count). The molecule has 9 nitrogen and oxygen atoms in total. The van der Waals surface area contributed by atoms with Crippen molar-refractivity contribution in [1.82, 2.24) is 15.3 Å². The number of nitrogens with one attached hydrogen (secondary N) is 3. The predicted molar refractivity (Wildman–Crippen MR) is 129 cm³/mol. The Balaban J connectivity index is 1.40. The lowest BCUT2D eigenvalue weighted by molar-refractivity contribution is 0.0696. The number of carbonyl (C=O) groups excluding carboxylic acids is 1. The maximum absolute atomic E-state index is 12.7. The van der Waals surface area contributed by atoms with Crippen molar-refractivity contribution in [3.05, 3.63) is 92.3 Å². The van der Waals surface area contributed by atoms with Gasteiger partial charge >= 0.3 is 5.97 Å². The number of aromatic carboxylic acids is 1. The first-order valence-electron chi connectivity index (χ1n) is 10.4. The van der Waals surface area contributed by atoms with Crippen LogP contribution in [0.5, 0.6) is 0 Å². The number of hydrogen-bond donors (Lipinski definition) is 4. The van der Waals surface area contributed by atoms with Gasteiger partial charge in [0.25, 0.3) is 11.5 Å². The number of nitrogens with zero attached hydrogens (tertiary/aromatic N) is 1. The van der Waals surface area contributed by atoms with E-state index in [2.05, 4.69) is 20.6 Å². The number of rotatable bonds is 9. The second-order valence-electron chi connectivity index (χ2n) is 7.48. The summed E-state index contributed by atoms with van der Waals surface area (Å²) in [5.74, 6) is -1.50. The fraction of sp³-hybridized carbons (Fsp3) is 0.167. The molecule has 10 heteroatoms. The molecule has 0 unspecified atom stereocenters. The van der Waals surface area contributed by atoms with E-state index in [1.807, 2.05) is 31.3 Å². The van der Waals surface area contributed by atoms with Crippen molar-refractivity contribution in [2.75, 3.05) is 12.4 Å². The topological polar surface area (TPSA) is 133 Å². The Morgan fingerprint density at radius 2 is 1.91 bits per heavy atom. The third-order valence-corrected chi connectivity index (χ3v) is 6.05. The summed E-state index contributed by atoms with van der Waals surface area (Å²) in [5.41, 5.74) is 3.14. The van der Waals surface area contributed by atoms with Crippen molar-refractivity contribution >= 4 is 39.1 Å². The van der Waals surface area contributed by atoms with Crippen LogP contribution in [0.15, 0.2) is 58.7 Å². The summed E-state index contributed by atoms with van der Waals surface area (Å²) < 4.78 is 5.71. The highest BCUT2D eigenvalue weighted by atomic mass is 32.1. The molecule has 0 aliphatic heterocycles. The van der Waals surface area contributed by atoms with Gasteiger partial charge in [-0.3, -0.25) is 9.59 Å². The largest absolute Gasteiger partial charge is 0.478 e. The zero-order valence-electron chi connectivity index (χ0n) is 18.3. The van der Waals surface area contributed by atoms with E-state index in [9.17, 15) is 14.4 Å². The maximum Gasteiger partial charge on any atom is 0.335 e. The highest BCUT2D eigenvalue weighted by Crippen LogP contribution is 2.22. The van der Waals surface area contributed by atoms with Crippen LogP contribution in [0.4, 0.5) is 5.69 Å². The van der Waals surface area contributed by atoms with Crippen LogP contribution >= 0.6 is 11.3 Å². The number of carboxylic acids is 1. The average Bonchev–Trinajstić information content (AvgIpc) is 3.26. The number of anilines is 1. The van der Waals surface area contributed by atoms with Gasteiger partial charge in [-0.1, -0.05) is 24.3 Å². The number of hydrogen-bond acceptors (Lipinski definition) is 7. The molecule has 174 valence electrons. The van der Waals surface area contributed by atoms with Gasteiger partial charge in [-0.2, -0.15) is 0 Å². The number of aromatic amines is 1. The monoisotopic (exact) mass is 478 g/mol. The van der Waals surface area contributed by atoms with E-state index in [-0.39, 0.29) is 24.6 Å². The van der Waals surface area contributed by atoms with Crippen LogP contribution in [0.1, 0.15) is 37.7 Å². The minimum atomic E-state index is -0.986. The molecule has 0 bridgehead atoms. The average molecular weight is 479 g/mol. The van der Waals surface area contributed by atoms with Crippen molar-refractivity contribution in [2.24, 2.45) is 0 Å². The number of benzene rings is 2. The Morgan fingerprint density at radius 3 is 2.65 bits per heavy atom. The fourth-order valence-electron chi connectivity index (χ4n) is 3.35. The van der Waals surface area contributed by atoms with Crippen LogP contribution in [0.25, 0.3) is 10.2 Å². The van der Waals surface area contributed by atoms with E-state index in [1.165, 1.54) is 23.5 Å². The van der Waals surface area contributed by atoms with Crippen molar-refractivity contribution in [1.29, 1.82) is 0 Å². The van der Waals surface area contributed by atoms with Crippen molar-refractivity contribution in [2.45, 2.75) is 19.8 Å². The van der Waals surface area contributed by atoms with Gasteiger partial charge in [-0.25, -0.2) is 9.78 Å².